The quantitative estimate of drug-likeness (QED) is 0.541. The maximum Gasteiger partial charge on any atom is 0.210 e. The Morgan fingerprint density at radius 1 is 0.857 bits per heavy atom. The zero-order valence-electron chi connectivity index (χ0n) is 8.02. The standard InChI is InChI=1S/C12H12N.ClH/c1-11-7-9-13(10-8-11)12-5-3-2-4-6-12;/h2-10H,1H3;1H/q+1;/p-1. The molecule has 2 heteroatoms. The number of halogens is 1. The van der Waals surface area contributed by atoms with Crippen LogP contribution in [0.3, 0.4) is 0 Å². The second-order valence-electron chi connectivity index (χ2n) is 3.12. The molecule has 0 N–H and O–H groups in total. The summed E-state index contributed by atoms with van der Waals surface area (Å²) in [5, 5.41) is 0. The number of hydrogen-bond donors (Lipinski definition) is 0. The van der Waals surface area contributed by atoms with E-state index in [0.29, 0.717) is 0 Å². The van der Waals surface area contributed by atoms with E-state index in [-0.39, 0.29) is 12.4 Å². The topological polar surface area (TPSA) is 3.88 Å². The van der Waals surface area contributed by atoms with Crippen LogP contribution in [0.1, 0.15) is 5.56 Å². The van der Waals surface area contributed by atoms with Gasteiger partial charge in [-0.15, -0.1) is 0 Å². The van der Waals surface area contributed by atoms with E-state index in [4.69, 9.17) is 0 Å². The molecular weight excluding hydrogens is 194 g/mol. The summed E-state index contributed by atoms with van der Waals surface area (Å²) in [7, 11) is 0. The third-order valence-electron chi connectivity index (χ3n) is 2.05. The van der Waals surface area contributed by atoms with Gasteiger partial charge in [0.15, 0.2) is 12.4 Å². The lowest BCUT2D eigenvalue weighted by Crippen LogP contribution is -3.00. The number of para-hydroxylation sites is 1. The molecular formula is C12H12ClN. The monoisotopic (exact) mass is 205 g/mol. The molecule has 0 spiro atoms. The van der Waals surface area contributed by atoms with Crippen molar-refractivity contribution in [2.45, 2.75) is 6.92 Å². The first-order chi connectivity index (χ1) is 6.36. The molecule has 0 saturated heterocycles. The molecule has 1 nitrogen and oxygen atoms in total. The van der Waals surface area contributed by atoms with Gasteiger partial charge >= 0.3 is 0 Å². The lowest BCUT2D eigenvalue weighted by molar-refractivity contribution is -0.595. The number of aryl methyl sites for hydroxylation is 1. The Labute approximate surface area is 90.4 Å². The van der Waals surface area contributed by atoms with E-state index in [0.717, 1.165) is 0 Å². The predicted octanol–water partition coefficient (Wildman–Crippen LogP) is -0.724. The van der Waals surface area contributed by atoms with Crippen molar-refractivity contribution in [2.24, 2.45) is 0 Å². The van der Waals surface area contributed by atoms with Gasteiger partial charge in [0.1, 0.15) is 0 Å². The van der Waals surface area contributed by atoms with Gasteiger partial charge in [-0.05, 0) is 12.5 Å². The van der Waals surface area contributed by atoms with Gasteiger partial charge in [-0.2, -0.15) is 4.57 Å². The number of benzene rings is 1. The minimum atomic E-state index is 0. The number of nitrogens with zero attached hydrogens (tertiary/aromatic N) is 1. The Bertz CT molecular complexity index is 381. The minimum Gasteiger partial charge on any atom is -1.00 e. The van der Waals surface area contributed by atoms with Crippen LogP contribution in [-0.2, 0) is 0 Å². The number of hydrogen-bond acceptors (Lipinski definition) is 0. The van der Waals surface area contributed by atoms with E-state index in [1.54, 1.807) is 0 Å². The molecule has 0 aliphatic rings. The van der Waals surface area contributed by atoms with Crippen molar-refractivity contribution < 1.29 is 17.0 Å². The summed E-state index contributed by atoms with van der Waals surface area (Å²) in [4.78, 5) is 0. The first kappa shape index (κ1) is 10.7. The highest BCUT2D eigenvalue weighted by Gasteiger charge is 2.01. The van der Waals surface area contributed by atoms with Crippen molar-refractivity contribution in [1.82, 2.24) is 0 Å². The third-order valence-corrected chi connectivity index (χ3v) is 2.05. The molecule has 0 aliphatic heterocycles. The summed E-state index contributed by atoms with van der Waals surface area (Å²) < 4.78 is 2.10. The van der Waals surface area contributed by atoms with Gasteiger partial charge in [0.2, 0.25) is 5.69 Å². The molecule has 0 saturated carbocycles. The molecule has 2 rings (SSSR count). The van der Waals surface area contributed by atoms with Crippen molar-refractivity contribution in [2.75, 3.05) is 0 Å². The normalized spacial score (nSPS) is 9.21. The van der Waals surface area contributed by atoms with Crippen LogP contribution in [0.2, 0.25) is 0 Å². The molecule has 0 unspecified atom stereocenters. The number of pyridine rings is 1. The van der Waals surface area contributed by atoms with E-state index in [1.165, 1.54) is 11.3 Å². The molecule has 1 heterocycles. The van der Waals surface area contributed by atoms with Gasteiger partial charge in [-0.25, -0.2) is 0 Å². The zero-order valence-corrected chi connectivity index (χ0v) is 8.78. The summed E-state index contributed by atoms with van der Waals surface area (Å²) in [6.07, 6.45) is 4.15. The fourth-order valence-corrected chi connectivity index (χ4v) is 1.27. The van der Waals surface area contributed by atoms with Crippen LogP contribution in [0.5, 0.6) is 0 Å². The van der Waals surface area contributed by atoms with Gasteiger partial charge in [0.05, 0.1) is 0 Å². The predicted molar refractivity (Wildman–Crippen MR) is 52.7 cm³/mol. The summed E-state index contributed by atoms with van der Waals surface area (Å²) in [6.45, 7) is 2.09. The first-order valence-electron chi connectivity index (χ1n) is 4.39. The Kier molecular flexibility index (Phi) is 3.66. The fourth-order valence-electron chi connectivity index (χ4n) is 1.27. The minimum absolute atomic E-state index is 0. The molecule has 0 fully saturated rings. The lowest BCUT2D eigenvalue weighted by Gasteiger charge is -1.94. The van der Waals surface area contributed by atoms with Crippen LogP contribution in [0, 0.1) is 6.92 Å². The van der Waals surface area contributed by atoms with Crippen LogP contribution in [0.4, 0.5) is 0 Å². The molecule has 0 bridgehead atoms. The van der Waals surface area contributed by atoms with Gasteiger partial charge in [-0.1, -0.05) is 18.2 Å². The SMILES string of the molecule is Cc1cc[n+](-c2ccccc2)cc1.[Cl-]. The lowest BCUT2D eigenvalue weighted by atomic mass is 10.3. The Morgan fingerprint density at radius 3 is 2.00 bits per heavy atom. The highest BCUT2D eigenvalue weighted by atomic mass is 35.5. The number of rotatable bonds is 1. The summed E-state index contributed by atoms with van der Waals surface area (Å²) >= 11 is 0. The maximum atomic E-state index is 2.10. The first-order valence-corrected chi connectivity index (χ1v) is 4.39. The smallest absolute Gasteiger partial charge is 0.210 e. The van der Waals surface area contributed by atoms with Crippen LogP contribution in [0.15, 0.2) is 54.9 Å². The zero-order chi connectivity index (χ0) is 9.10. The Morgan fingerprint density at radius 2 is 1.43 bits per heavy atom. The molecule has 14 heavy (non-hydrogen) atoms. The second-order valence-corrected chi connectivity index (χ2v) is 3.12. The molecule has 0 radical (unpaired) electrons. The van der Waals surface area contributed by atoms with E-state index < -0.39 is 0 Å². The third kappa shape index (κ3) is 2.33. The van der Waals surface area contributed by atoms with Gasteiger partial charge in [-0.3, -0.25) is 0 Å². The highest BCUT2D eigenvalue weighted by molar-refractivity contribution is 5.21. The summed E-state index contributed by atoms with van der Waals surface area (Å²) in [6, 6.07) is 14.5. The second kappa shape index (κ2) is 4.77. The molecule has 0 aliphatic carbocycles. The van der Waals surface area contributed by atoms with Crippen molar-refractivity contribution in [3.8, 4) is 5.69 Å². The number of aromatic nitrogens is 1. The molecule has 2 aromatic rings. The Balaban J connectivity index is 0.000000980. The van der Waals surface area contributed by atoms with Crippen molar-refractivity contribution >= 4 is 0 Å². The average molecular weight is 206 g/mol. The van der Waals surface area contributed by atoms with Crippen molar-refractivity contribution in [3.63, 3.8) is 0 Å². The largest absolute Gasteiger partial charge is 1.00 e. The van der Waals surface area contributed by atoms with Crippen LogP contribution in [0.25, 0.3) is 5.69 Å². The van der Waals surface area contributed by atoms with E-state index in [2.05, 4.69) is 48.1 Å². The summed E-state index contributed by atoms with van der Waals surface area (Å²) in [5.74, 6) is 0. The molecule has 72 valence electrons. The van der Waals surface area contributed by atoms with Crippen LogP contribution < -0.4 is 17.0 Å². The van der Waals surface area contributed by atoms with Gasteiger partial charge in [0, 0.05) is 24.3 Å². The molecule has 0 amide bonds. The fraction of sp³-hybridized carbons (Fsp3) is 0.0833. The van der Waals surface area contributed by atoms with E-state index >= 15 is 0 Å². The average Bonchev–Trinajstić information content (AvgIpc) is 2.20. The van der Waals surface area contributed by atoms with Gasteiger partial charge < -0.3 is 12.4 Å². The van der Waals surface area contributed by atoms with E-state index in [1.807, 2.05) is 18.2 Å². The van der Waals surface area contributed by atoms with E-state index in [9.17, 15) is 0 Å². The van der Waals surface area contributed by atoms with Crippen molar-refractivity contribution in [1.29, 1.82) is 0 Å². The van der Waals surface area contributed by atoms with Crippen LogP contribution >= 0.6 is 0 Å². The summed E-state index contributed by atoms with van der Waals surface area (Å²) in [5.41, 5.74) is 2.48. The molecule has 1 aromatic carbocycles. The molecule has 1 aromatic heterocycles. The molecule has 0 atom stereocenters. The Hall–Kier alpha value is -1.34. The van der Waals surface area contributed by atoms with Crippen LogP contribution in [-0.4, -0.2) is 0 Å². The highest BCUT2D eigenvalue weighted by Crippen LogP contribution is 1.98. The van der Waals surface area contributed by atoms with Gasteiger partial charge in [0.25, 0.3) is 0 Å². The maximum absolute atomic E-state index is 2.10. The van der Waals surface area contributed by atoms with Crippen molar-refractivity contribution in [3.05, 3.63) is 60.4 Å².